The summed E-state index contributed by atoms with van der Waals surface area (Å²) in [6.45, 7) is 3.35. The molecular formula is C14H14FN3O3. The number of benzene rings is 1. The van der Waals surface area contributed by atoms with Gasteiger partial charge in [0.15, 0.2) is 5.92 Å². The van der Waals surface area contributed by atoms with Crippen molar-refractivity contribution in [3.63, 3.8) is 0 Å². The van der Waals surface area contributed by atoms with Crippen molar-refractivity contribution in [2.75, 3.05) is 6.61 Å². The lowest BCUT2D eigenvalue weighted by molar-refractivity contribution is -0.121. The van der Waals surface area contributed by atoms with Crippen LogP contribution in [0.3, 0.4) is 0 Å². The van der Waals surface area contributed by atoms with Crippen LogP contribution >= 0.6 is 0 Å². The van der Waals surface area contributed by atoms with Crippen LogP contribution in [-0.4, -0.2) is 24.8 Å². The molecule has 2 amide bonds. The highest BCUT2D eigenvalue weighted by Gasteiger charge is 2.18. The average molecular weight is 291 g/mol. The van der Waals surface area contributed by atoms with Crippen LogP contribution in [0.4, 0.5) is 14.9 Å². The molecule has 7 heteroatoms. The summed E-state index contributed by atoms with van der Waals surface area (Å²) in [6.07, 6.45) is 0.170. The van der Waals surface area contributed by atoms with Crippen molar-refractivity contribution in [2.45, 2.75) is 13.8 Å². The summed E-state index contributed by atoms with van der Waals surface area (Å²) in [4.78, 5) is 26.7. The van der Waals surface area contributed by atoms with Crippen LogP contribution in [0.2, 0.25) is 0 Å². The lowest BCUT2D eigenvalue weighted by Gasteiger charge is -2.05. The molecule has 1 aromatic carbocycles. The zero-order valence-electron chi connectivity index (χ0n) is 11.6. The molecule has 6 nitrogen and oxygen atoms in total. The van der Waals surface area contributed by atoms with Crippen LogP contribution in [0.1, 0.15) is 12.5 Å². The number of hydrogen-bond acceptors (Lipinski definition) is 5. The van der Waals surface area contributed by atoms with Crippen LogP contribution < -0.4 is 5.32 Å². The molecule has 0 fully saturated rings. The SMILES string of the molecule is CCOC(=O)NC(=O)C(C#N)C=Nc1ccc(F)cc1C. The number of carbonyl (C=O) groups is 2. The van der Waals surface area contributed by atoms with Crippen LogP contribution in [0, 0.1) is 30.0 Å². The highest BCUT2D eigenvalue weighted by atomic mass is 19.1. The Morgan fingerprint density at radius 3 is 2.86 bits per heavy atom. The van der Waals surface area contributed by atoms with E-state index in [-0.39, 0.29) is 6.61 Å². The highest BCUT2D eigenvalue weighted by Crippen LogP contribution is 2.18. The van der Waals surface area contributed by atoms with Gasteiger partial charge in [0.25, 0.3) is 5.91 Å². The minimum Gasteiger partial charge on any atom is -0.450 e. The fourth-order valence-electron chi connectivity index (χ4n) is 1.42. The van der Waals surface area contributed by atoms with Gasteiger partial charge in [-0.05, 0) is 37.6 Å². The van der Waals surface area contributed by atoms with E-state index in [4.69, 9.17) is 5.26 Å². The quantitative estimate of drug-likeness (QED) is 0.861. The number of nitrogens with zero attached hydrogens (tertiary/aromatic N) is 2. The van der Waals surface area contributed by atoms with Gasteiger partial charge in [-0.3, -0.25) is 15.1 Å². The molecule has 0 aromatic heterocycles. The maximum atomic E-state index is 12.9. The molecule has 110 valence electrons. The summed E-state index contributed by atoms with van der Waals surface area (Å²) in [6, 6.07) is 5.64. The fourth-order valence-corrected chi connectivity index (χ4v) is 1.42. The molecule has 0 aliphatic heterocycles. The maximum absolute atomic E-state index is 12.9. The molecule has 0 heterocycles. The summed E-state index contributed by atoms with van der Waals surface area (Å²) in [5.74, 6) is -2.48. The topological polar surface area (TPSA) is 91.5 Å². The molecule has 0 aliphatic rings. The van der Waals surface area contributed by atoms with Gasteiger partial charge in [0.2, 0.25) is 0 Å². The van der Waals surface area contributed by atoms with Crippen LogP contribution in [0.25, 0.3) is 0 Å². The van der Waals surface area contributed by atoms with E-state index in [0.29, 0.717) is 11.3 Å². The Bertz CT molecular complexity index is 608. The van der Waals surface area contributed by atoms with Gasteiger partial charge >= 0.3 is 6.09 Å². The predicted octanol–water partition coefficient (Wildman–Crippen LogP) is 2.25. The molecule has 1 N–H and O–H groups in total. The number of halogens is 1. The first-order valence-corrected chi connectivity index (χ1v) is 6.15. The van der Waals surface area contributed by atoms with E-state index >= 15 is 0 Å². The van der Waals surface area contributed by atoms with Gasteiger partial charge in [-0.2, -0.15) is 5.26 Å². The third-order valence-electron chi connectivity index (χ3n) is 2.44. The van der Waals surface area contributed by atoms with E-state index in [1.807, 2.05) is 5.32 Å². The van der Waals surface area contributed by atoms with Crippen molar-refractivity contribution in [3.05, 3.63) is 29.6 Å². The second-order valence-corrected chi connectivity index (χ2v) is 4.03. The number of aryl methyl sites for hydroxylation is 1. The minimum absolute atomic E-state index is 0.110. The van der Waals surface area contributed by atoms with Crippen LogP contribution in [-0.2, 0) is 9.53 Å². The normalized spacial score (nSPS) is 11.7. The van der Waals surface area contributed by atoms with Crippen molar-refractivity contribution in [1.29, 1.82) is 5.26 Å². The summed E-state index contributed by atoms with van der Waals surface area (Å²) >= 11 is 0. The Morgan fingerprint density at radius 2 is 2.29 bits per heavy atom. The molecular weight excluding hydrogens is 277 g/mol. The standard InChI is InChI=1S/C14H14FN3O3/c1-3-21-14(20)18-13(19)10(7-16)8-17-12-5-4-11(15)6-9(12)2/h4-6,8,10H,3H2,1-2H3,(H,18,19,20). The summed E-state index contributed by atoms with van der Waals surface area (Å²) < 4.78 is 17.5. The van der Waals surface area contributed by atoms with Gasteiger partial charge < -0.3 is 4.74 Å². The molecule has 0 bridgehead atoms. The van der Waals surface area contributed by atoms with Gasteiger partial charge in [-0.15, -0.1) is 0 Å². The molecule has 1 unspecified atom stereocenters. The van der Waals surface area contributed by atoms with E-state index in [1.54, 1.807) is 19.9 Å². The number of aliphatic imine (C=N–C) groups is 1. The maximum Gasteiger partial charge on any atom is 0.413 e. The number of imide groups is 1. The summed E-state index contributed by atoms with van der Waals surface area (Å²) in [7, 11) is 0. The smallest absolute Gasteiger partial charge is 0.413 e. The number of ether oxygens (including phenoxy) is 1. The first-order valence-electron chi connectivity index (χ1n) is 6.15. The predicted molar refractivity (Wildman–Crippen MR) is 73.6 cm³/mol. The zero-order valence-corrected chi connectivity index (χ0v) is 11.6. The van der Waals surface area contributed by atoms with Crippen molar-refractivity contribution < 1.29 is 18.7 Å². The number of amides is 2. The second-order valence-electron chi connectivity index (χ2n) is 4.03. The van der Waals surface area contributed by atoms with Gasteiger partial charge in [-0.25, -0.2) is 9.18 Å². The molecule has 0 aliphatic carbocycles. The van der Waals surface area contributed by atoms with Crippen LogP contribution in [0.15, 0.2) is 23.2 Å². The fraction of sp³-hybridized carbons (Fsp3) is 0.286. The van der Waals surface area contributed by atoms with Crippen molar-refractivity contribution in [3.8, 4) is 6.07 Å². The van der Waals surface area contributed by atoms with E-state index in [9.17, 15) is 14.0 Å². The van der Waals surface area contributed by atoms with E-state index in [1.165, 1.54) is 18.2 Å². The lowest BCUT2D eigenvalue weighted by atomic mass is 10.1. The Kier molecular flexibility index (Phi) is 6.01. The highest BCUT2D eigenvalue weighted by molar-refractivity contribution is 6.03. The molecule has 0 spiro atoms. The third-order valence-corrected chi connectivity index (χ3v) is 2.44. The Hall–Kier alpha value is -2.75. The second kappa shape index (κ2) is 7.75. The van der Waals surface area contributed by atoms with Gasteiger partial charge in [-0.1, -0.05) is 0 Å². The largest absolute Gasteiger partial charge is 0.450 e. The van der Waals surface area contributed by atoms with E-state index in [2.05, 4.69) is 9.73 Å². The Morgan fingerprint density at radius 1 is 1.57 bits per heavy atom. The van der Waals surface area contributed by atoms with Crippen molar-refractivity contribution in [2.24, 2.45) is 10.9 Å². The summed E-state index contributed by atoms with van der Waals surface area (Å²) in [5.41, 5.74) is 0.995. The molecule has 0 saturated carbocycles. The van der Waals surface area contributed by atoms with Gasteiger partial charge in [0.05, 0.1) is 18.4 Å². The third kappa shape index (κ3) is 5.03. The number of nitriles is 1. The molecule has 0 saturated heterocycles. The number of alkyl carbamates (subject to hydrolysis) is 1. The first kappa shape index (κ1) is 16.3. The minimum atomic E-state index is -1.25. The van der Waals surface area contributed by atoms with Gasteiger partial charge in [0.1, 0.15) is 5.82 Å². The molecule has 21 heavy (non-hydrogen) atoms. The Balaban J connectivity index is 2.77. The summed E-state index contributed by atoms with van der Waals surface area (Å²) in [5, 5.41) is 10.8. The number of rotatable bonds is 4. The molecule has 1 atom stereocenters. The number of nitrogens with one attached hydrogen (secondary N) is 1. The molecule has 1 rings (SSSR count). The monoisotopic (exact) mass is 291 g/mol. The van der Waals surface area contributed by atoms with E-state index in [0.717, 1.165) is 6.21 Å². The van der Waals surface area contributed by atoms with Crippen molar-refractivity contribution in [1.82, 2.24) is 5.32 Å². The number of carbonyl (C=O) groups excluding carboxylic acids is 2. The first-order chi connectivity index (χ1) is 9.97. The zero-order chi connectivity index (χ0) is 15.8. The average Bonchev–Trinajstić information content (AvgIpc) is 2.41. The Labute approximate surface area is 121 Å². The van der Waals surface area contributed by atoms with Crippen LogP contribution in [0.5, 0.6) is 0 Å². The molecule has 1 aromatic rings. The van der Waals surface area contributed by atoms with Gasteiger partial charge in [0, 0.05) is 6.21 Å². The number of hydrogen-bond donors (Lipinski definition) is 1. The lowest BCUT2D eigenvalue weighted by Crippen LogP contribution is -2.36. The van der Waals surface area contributed by atoms with E-state index < -0.39 is 23.7 Å². The van der Waals surface area contributed by atoms with Crippen molar-refractivity contribution >= 4 is 23.9 Å². The molecule has 0 radical (unpaired) electrons.